The van der Waals surface area contributed by atoms with Gasteiger partial charge in [0.1, 0.15) is 12.4 Å². The molecule has 0 aromatic heterocycles. The summed E-state index contributed by atoms with van der Waals surface area (Å²) >= 11 is 0. The number of rotatable bonds is 9. The van der Waals surface area contributed by atoms with E-state index in [9.17, 15) is 18.0 Å². The van der Waals surface area contributed by atoms with Gasteiger partial charge in [-0.15, -0.1) is 0 Å². The van der Waals surface area contributed by atoms with Crippen molar-refractivity contribution in [3.05, 3.63) is 53.6 Å². The average Bonchev–Trinajstić information content (AvgIpc) is 2.69. The average molecular weight is 397 g/mol. The third kappa shape index (κ3) is 6.37. The predicted molar refractivity (Wildman–Crippen MR) is 97.8 cm³/mol. The number of benzene rings is 2. The predicted octanol–water partition coefficient (Wildman–Crippen LogP) is 3.85. The van der Waals surface area contributed by atoms with Gasteiger partial charge in [0.25, 0.3) is 0 Å². The molecule has 2 aromatic carbocycles. The first-order chi connectivity index (χ1) is 13.3. The zero-order valence-electron chi connectivity index (χ0n) is 15.6. The molecule has 0 spiro atoms. The summed E-state index contributed by atoms with van der Waals surface area (Å²) in [4.78, 5) is 11.9. The van der Waals surface area contributed by atoms with E-state index in [1.807, 2.05) is 12.1 Å². The Balaban J connectivity index is 1.70. The molecule has 0 saturated carbocycles. The van der Waals surface area contributed by atoms with Crippen LogP contribution in [0.1, 0.15) is 17.5 Å². The first kappa shape index (κ1) is 21.4. The Morgan fingerprint density at radius 1 is 1.00 bits per heavy atom. The summed E-state index contributed by atoms with van der Waals surface area (Å²) in [5, 5.41) is 2.71. The molecule has 0 bridgehead atoms. The summed E-state index contributed by atoms with van der Waals surface area (Å²) in [6.07, 6.45) is -3.55. The molecule has 0 atom stereocenters. The summed E-state index contributed by atoms with van der Waals surface area (Å²) in [5.74, 6) is 1.39. The number of halogens is 3. The molecule has 0 unspecified atom stereocenters. The van der Waals surface area contributed by atoms with Crippen LogP contribution in [-0.4, -0.2) is 33.3 Å². The Morgan fingerprint density at radius 3 is 2.29 bits per heavy atom. The number of carbonyl (C=O) groups is 1. The van der Waals surface area contributed by atoms with Crippen molar-refractivity contribution in [3.63, 3.8) is 0 Å². The summed E-state index contributed by atoms with van der Waals surface area (Å²) in [7, 11) is 3.10. The number of ether oxygens (including phenoxy) is 3. The van der Waals surface area contributed by atoms with Gasteiger partial charge in [0.15, 0.2) is 11.5 Å². The number of amides is 1. The Kier molecular flexibility index (Phi) is 7.54. The summed E-state index contributed by atoms with van der Waals surface area (Å²) in [6, 6.07) is 9.88. The lowest BCUT2D eigenvalue weighted by Gasteiger charge is -2.11. The van der Waals surface area contributed by atoms with Crippen LogP contribution < -0.4 is 19.5 Å². The minimum Gasteiger partial charge on any atom is -0.493 e. The maximum atomic E-state index is 12.5. The molecule has 0 heterocycles. The molecular formula is C20H22F3NO4. The molecule has 152 valence electrons. The van der Waals surface area contributed by atoms with Crippen LogP contribution in [0.3, 0.4) is 0 Å². The second kappa shape index (κ2) is 9.87. The van der Waals surface area contributed by atoms with E-state index in [0.29, 0.717) is 23.7 Å². The van der Waals surface area contributed by atoms with Crippen LogP contribution in [0.2, 0.25) is 0 Å². The first-order valence-electron chi connectivity index (χ1n) is 8.61. The van der Waals surface area contributed by atoms with E-state index < -0.39 is 11.7 Å². The van der Waals surface area contributed by atoms with Gasteiger partial charge in [0, 0.05) is 6.42 Å². The van der Waals surface area contributed by atoms with Gasteiger partial charge in [-0.3, -0.25) is 4.79 Å². The Labute approximate surface area is 161 Å². The molecule has 28 heavy (non-hydrogen) atoms. The van der Waals surface area contributed by atoms with E-state index in [-0.39, 0.29) is 25.5 Å². The highest BCUT2D eigenvalue weighted by atomic mass is 19.4. The summed E-state index contributed by atoms with van der Waals surface area (Å²) in [6.45, 7) is 0.416. The van der Waals surface area contributed by atoms with Crippen LogP contribution in [-0.2, 0) is 17.4 Å². The van der Waals surface area contributed by atoms with Crippen LogP contribution in [0.5, 0.6) is 17.2 Å². The van der Waals surface area contributed by atoms with Crippen LogP contribution >= 0.6 is 0 Å². The van der Waals surface area contributed by atoms with Crippen molar-refractivity contribution in [1.29, 1.82) is 0 Å². The van der Waals surface area contributed by atoms with E-state index in [1.165, 1.54) is 12.1 Å². The molecule has 0 saturated heterocycles. The van der Waals surface area contributed by atoms with Crippen molar-refractivity contribution in [3.8, 4) is 17.2 Å². The number of nitrogens with one attached hydrogen (secondary N) is 1. The van der Waals surface area contributed by atoms with Crippen molar-refractivity contribution in [2.75, 3.05) is 27.4 Å². The van der Waals surface area contributed by atoms with Gasteiger partial charge in [-0.2, -0.15) is 13.2 Å². The van der Waals surface area contributed by atoms with Crippen molar-refractivity contribution < 1.29 is 32.2 Å². The van der Waals surface area contributed by atoms with Gasteiger partial charge in [0.05, 0.1) is 26.3 Å². The SMILES string of the molecule is COc1ccc(CCC(=O)NCCOc2ccc(C(F)(F)F)cc2)cc1OC. The fourth-order valence-electron chi connectivity index (χ4n) is 2.48. The fourth-order valence-corrected chi connectivity index (χ4v) is 2.48. The molecule has 2 rings (SSSR count). The number of hydrogen-bond donors (Lipinski definition) is 1. The monoisotopic (exact) mass is 397 g/mol. The van der Waals surface area contributed by atoms with E-state index in [0.717, 1.165) is 17.7 Å². The molecular weight excluding hydrogens is 375 g/mol. The Morgan fingerprint density at radius 2 is 1.68 bits per heavy atom. The van der Waals surface area contributed by atoms with Crippen molar-refractivity contribution in [2.45, 2.75) is 19.0 Å². The number of hydrogen-bond acceptors (Lipinski definition) is 4. The third-order valence-electron chi connectivity index (χ3n) is 3.96. The summed E-state index contributed by atoms with van der Waals surface area (Å²) in [5.41, 5.74) is 0.206. The van der Waals surface area contributed by atoms with Gasteiger partial charge in [-0.05, 0) is 48.4 Å². The Hall–Kier alpha value is -2.90. The zero-order valence-corrected chi connectivity index (χ0v) is 15.6. The lowest BCUT2D eigenvalue weighted by atomic mass is 10.1. The highest BCUT2D eigenvalue weighted by Gasteiger charge is 2.29. The molecule has 1 amide bonds. The summed E-state index contributed by atoms with van der Waals surface area (Å²) < 4.78 is 53.2. The van der Waals surface area contributed by atoms with E-state index in [2.05, 4.69) is 5.32 Å². The molecule has 0 aliphatic carbocycles. The molecule has 1 N–H and O–H groups in total. The molecule has 0 radical (unpaired) electrons. The number of alkyl halides is 3. The largest absolute Gasteiger partial charge is 0.493 e. The lowest BCUT2D eigenvalue weighted by molar-refractivity contribution is -0.137. The van der Waals surface area contributed by atoms with Crippen LogP contribution in [0.25, 0.3) is 0 Å². The van der Waals surface area contributed by atoms with Gasteiger partial charge in [-0.1, -0.05) is 6.07 Å². The number of methoxy groups -OCH3 is 2. The minimum atomic E-state index is -4.37. The van der Waals surface area contributed by atoms with Crippen molar-refractivity contribution in [1.82, 2.24) is 5.32 Å². The standard InChI is InChI=1S/C20H22F3NO4/c1-26-17-9-3-14(13-18(17)27-2)4-10-19(25)24-11-12-28-16-7-5-15(6-8-16)20(21,22)23/h3,5-9,13H,4,10-12H2,1-2H3,(H,24,25). The second-order valence-electron chi connectivity index (χ2n) is 5.91. The minimum absolute atomic E-state index is 0.147. The van der Waals surface area contributed by atoms with E-state index in [1.54, 1.807) is 20.3 Å². The van der Waals surface area contributed by atoms with Crippen molar-refractivity contribution >= 4 is 5.91 Å². The van der Waals surface area contributed by atoms with Crippen LogP contribution in [0.15, 0.2) is 42.5 Å². The normalized spacial score (nSPS) is 11.0. The third-order valence-corrected chi connectivity index (χ3v) is 3.96. The van der Waals surface area contributed by atoms with E-state index in [4.69, 9.17) is 14.2 Å². The number of carbonyl (C=O) groups excluding carboxylic acids is 1. The maximum Gasteiger partial charge on any atom is 0.416 e. The van der Waals surface area contributed by atoms with Gasteiger partial charge in [-0.25, -0.2) is 0 Å². The molecule has 0 aliphatic rings. The Bertz CT molecular complexity index is 776. The lowest BCUT2D eigenvalue weighted by Crippen LogP contribution is -2.28. The molecule has 8 heteroatoms. The highest BCUT2D eigenvalue weighted by molar-refractivity contribution is 5.76. The van der Waals surface area contributed by atoms with E-state index >= 15 is 0 Å². The quantitative estimate of drug-likeness (QED) is 0.653. The fraction of sp³-hybridized carbons (Fsp3) is 0.350. The number of aryl methyl sites for hydroxylation is 1. The van der Waals surface area contributed by atoms with Gasteiger partial charge >= 0.3 is 6.18 Å². The van der Waals surface area contributed by atoms with Gasteiger partial charge in [0.2, 0.25) is 5.91 Å². The topological polar surface area (TPSA) is 56.8 Å². The van der Waals surface area contributed by atoms with Crippen molar-refractivity contribution in [2.24, 2.45) is 0 Å². The smallest absolute Gasteiger partial charge is 0.416 e. The molecule has 5 nitrogen and oxygen atoms in total. The molecule has 2 aromatic rings. The van der Waals surface area contributed by atoms with Crippen LogP contribution in [0.4, 0.5) is 13.2 Å². The highest BCUT2D eigenvalue weighted by Crippen LogP contribution is 2.30. The maximum absolute atomic E-state index is 12.5. The molecule has 0 fully saturated rings. The molecule has 0 aliphatic heterocycles. The second-order valence-corrected chi connectivity index (χ2v) is 5.91. The zero-order chi connectivity index (χ0) is 20.6. The van der Waals surface area contributed by atoms with Crippen LogP contribution in [0, 0.1) is 0 Å². The van der Waals surface area contributed by atoms with Gasteiger partial charge < -0.3 is 19.5 Å². The first-order valence-corrected chi connectivity index (χ1v) is 8.61.